The molecule has 2 atom stereocenters. The number of carbonyl (C=O) groups is 1. The largest absolute Gasteiger partial charge is 0.368 e. The number of hydrogen-bond acceptors (Lipinski definition) is 5. The molecule has 118 valence electrons. The number of thioether (sulfide) groups is 1. The number of piperazine rings is 1. The molecule has 0 saturated carbocycles. The van der Waals surface area contributed by atoms with Crippen LogP contribution in [0.4, 0.5) is 0 Å². The van der Waals surface area contributed by atoms with Gasteiger partial charge in [0.25, 0.3) is 0 Å². The summed E-state index contributed by atoms with van der Waals surface area (Å²) in [6.45, 7) is 6.57. The molecule has 5 nitrogen and oxygen atoms in total. The molecule has 2 aliphatic rings. The molecule has 0 spiro atoms. The van der Waals surface area contributed by atoms with Crippen LogP contribution in [0, 0.1) is 0 Å². The van der Waals surface area contributed by atoms with Crippen molar-refractivity contribution in [3.8, 4) is 0 Å². The van der Waals surface area contributed by atoms with E-state index in [1.165, 1.54) is 0 Å². The fourth-order valence-corrected chi connectivity index (χ4v) is 3.99. The zero-order chi connectivity index (χ0) is 15.5. The van der Waals surface area contributed by atoms with Crippen molar-refractivity contribution in [1.82, 2.24) is 9.80 Å². The van der Waals surface area contributed by atoms with E-state index in [1.54, 1.807) is 0 Å². The summed E-state index contributed by atoms with van der Waals surface area (Å²) in [5.74, 6) is -0.277. The molecule has 1 saturated heterocycles. The third-order valence-corrected chi connectivity index (χ3v) is 5.27. The molecule has 22 heavy (non-hydrogen) atoms. The van der Waals surface area contributed by atoms with E-state index in [2.05, 4.69) is 21.7 Å². The van der Waals surface area contributed by atoms with Gasteiger partial charge in [-0.3, -0.25) is 14.7 Å². The monoisotopic (exact) mass is 318 g/mol. The van der Waals surface area contributed by atoms with Crippen LogP contribution in [0.25, 0.3) is 0 Å². The van der Waals surface area contributed by atoms with Gasteiger partial charge in [0.05, 0.1) is 6.54 Å². The standard InChI is InChI=1S/C16H22N4OS/c1-12-11-18-16(22-12)20-9-7-19(8-10-20)14(15(17)21)13-5-3-2-4-6-13/h2-6,12,14H,7-11H2,1H3,(H2,17,21). The van der Waals surface area contributed by atoms with Gasteiger partial charge >= 0.3 is 0 Å². The van der Waals surface area contributed by atoms with E-state index in [0.29, 0.717) is 5.25 Å². The van der Waals surface area contributed by atoms with Gasteiger partial charge < -0.3 is 10.6 Å². The Morgan fingerprint density at radius 3 is 2.50 bits per heavy atom. The number of carbonyl (C=O) groups excluding carboxylic acids is 1. The number of rotatable bonds is 3. The third kappa shape index (κ3) is 3.28. The molecule has 1 aromatic rings. The molecule has 3 rings (SSSR count). The van der Waals surface area contributed by atoms with E-state index in [4.69, 9.17) is 5.73 Å². The summed E-state index contributed by atoms with van der Waals surface area (Å²) in [7, 11) is 0. The molecule has 2 aliphatic heterocycles. The summed E-state index contributed by atoms with van der Waals surface area (Å²) >= 11 is 1.85. The minimum absolute atomic E-state index is 0.277. The maximum Gasteiger partial charge on any atom is 0.239 e. The lowest BCUT2D eigenvalue weighted by Gasteiger charge is -2.38. The van der Waals surface area contributed by atoms with E-state index in [1.807, 2.05) is 42.1 Å². The Bertz CT molecular complexity index is 555. The Labute approximate surface area is 135 Å². The van der Waals surface area contributed by atoms with Crippen molar-refractivity contribution in [3.05, 3.63) is 35.9 Å². The first-order valence-corrected chi connectivity index (χ1v) is 8.57. The summed E-state index contributed by atoms with van der Waals surface area (Å²) in [5.41, 5.74) is 6.63. The van der Waals surface area contributed by atoms with Crippen LogP contribution in [0.2, 0.25) is 0 Å². The SMILES string of the molecule is CC1CN=C(N2CCN(C(C(N)=O)c3ccccc3)CC2)S1. The molecular weight excluding hydrogens is 296 g/mol. The predicted molar refractivity (Wildman–Crippen MR) is 90.9 cm³/mol. The summed E-state index contributed by atoms with van der Waals surface area (Å²) in [5, 5.41) is 1.73. The molecule has 1 aromatic carbocycles. The van der Waals surface area contributed by atoms with Gasteiger partial charge in [-0.15, -0.1) is 0 Å². The zero-order valence-corrected chi connectivity index (χ0v) is 13.6. The smallest absolute Gasteiger partial charge is 0.239 e. The minimum Gasteiger partial charge on any atom is -0.368 e. The molecule has 6 heteroatoms. The van der Waals surface area contributed by atoms with Crippen LogP contribution in [-0.2, 0) is 4.79 Å². The number of nitrogens with two attached hydrogens (primary N) is 1. The number of benzene rings is 1. The first-order valence-electron chi connectivity index (χ1n) is 7.69. The average molecular weight is 318 g/mol. The second kappa shape index (κ2) is 6.71. The lowest BCUT2D eigenvalue weighted by atomic mass is 10.0. The van der Waals surface area contributed by atoms with Gasteiger partial charge in [-0.05, 0) is 5.56 Å². The highest BCUT2D eigenvalue weighted by Crippen LogP contribution is 2.26. The van der Waals surface area contributed by atoms with E-state index in [9.17, 15) is 4.79 Å². The van der Waals surface area contributed by atoms with Crippen molar-refractivity contribution >= 4 is 22.8 Å². The lowest BCUT2D eigenvalue weighted by Crippen LogP contribution is -2.51. The van der Waals surface area contributed by atoms with Crippen LogP contribution in [0.5, 0.6) is 0 Å². The lowest BCUT2D eigenvalue weighted by molar-refractivity contribution is -0.124. The molecule has 0 aliphatic carbocycles. The number of amides is 1. The fourth-order valence-electron chi connectivity index (χ4n) is 3.00. The maximum absolute atomic E-state index is 11.9. The zero-order valence-electron chi connectivity index (χ0n) is 12.8. The maximum atomic E-state index is 11.9. The summed E-state index contributed by atoms with van der Waals surface area (Å²) in [6, 6.07) is 9.47. The second-order valence-corrected chi connectivity index (χ2v) is 7.20. The molecule has 2 N–H and O–H groups in total. The Morgan fingerprint density at radius 2 is 1.95 bits per heavy atom. The molecule has 0 aromatic heterocycles. The van der Waals surface area contributed by atoms with Crippen LogP contribution in [-0.4, -0.2) is 58.8 Å². The Kier molecular flexibility index (Phi) is 4.69. The van der Waals surface area contributed by atoms with Crippen molar-refractivity contribution in [2.45, 2.75) is 18.2 Å². The normalized spacial score (nSPS) is 24.1. The highest BCUT2D eigenvalue weighted by atomic mass is 32.2. The fraction of sp³-hybridized carbons (Fsp3) is 0.500. The number of hydrogen-bond donors (Lipinski definition) is 1. The van der Waals surface area contributed by atoms with Gasteiger partial charge in [0.15, 0.2) is 5.17 Å². The number of nitrogens with zero attached hydrogens (tertiary/aromatic N) is 3. The molecule has 1 amide bonds. The molecular formula is C16H22N4OS. The van der Waals surface area contributed by atoms with Gasteiger partial charge in [0.1, 0.15) is 6.04 Å². The van der Waals surface area contributed by atoms with Crippen molar-refractivity contribution < 1.29 is 4.79 Å². The number of primary amides is 1. The molecule has 2 heterocycles. The van der Waals surface area contributed by atoms with Crippen LogP contribution < -0.4 is 5.73 Å². The van der Waals surface area contributed by atoms with Gasteiger partial charge in [-0.1, -0.05) is 49.0 Å². The third-order valence-electron chi connectivity index (χ3n) is 4.12. The van der Waals surface area contributed by atoms with Crippen molar-refractivity contribution in [1.29, 1.82) is 0 Å². The van der Waals surface area contributed by atoms with Gasteiger partial charge in [-0.25, -0.2) is 0 Å². The Hall–Kier alpha value is -1.53. The molecule has 0 bridgehead atoms. The highest BCUT2D eigenvalue weighted by Gasteiger charge is 2.31. The van der Waals surface area contributed by atoms with E-state index >= 15 is 0 Å². The molecule has 0 radical (unpaired) electrons. The first-order chi connectivity index (χ1) is 10.6. The van der Waals surface area contributed by atoms with Crippen molar-refractivity contribution in [3.63, 3.8) is 0 Å². The van der Waals surface area contributed by atoms with Gasteiger partial charge in [0, 0.05) is 31.4 Å². The molecule has 1 fully saturated rings. The molecule has 2 unspecified atom stereocenters. The van der Waals surface area contributed by atoms with Crippen molar-refractivity contribution in [2.24, 2.45) is 10.7 Å². The minimum atomic E-state index is -0.333. The Morgan fingerprint density at radius 1 is 1.27 bits per heavy atom. The summed E-state index contributed by atoms with van der Waals surface area (Å²) in [4.78, 5) is 21.0. The topological polar surface area (TPSA) is 61.9 Å². The first kappa shape index (κ1) is 15.4. The average Bonchev–Trinajstić information content (AvgIpc) is 2.95. The summed E-state index contributed by atoms with van der Waals surface area (Å²) in [6.07, 6.45) is 0. The van der Waals surface area contributed by atoms with Crippen LogP contribution in [0.3, 0.4) is 0 Å². The highest BCUT2D eigenvalue weighted by molar-refractivity contribution is 8.14. The quantitative estimate of drug-likeness (QED) is 0.913. The van der Waals surface area contributed by atoms with Crippen molar-refractivity contribution in [2.75, 3.05) is 32.7 Å². The van der Waals surface area contributed by atoms with Crippen LogP contribution in [0.15, 0.2) is 35.3 Å². The van der Waals surface area contributed by atoms with E-state index < -0.39 is 0 Å². The van der Waals surface area contributed by atoms with E-state index in [-0.39, 0.29) is 11.9 Å². The number of amidine groups is 1. The van der Waals surface area contributed by atoms with Gasteiger partial charge in [-0.2, -0.15) is 0 Å². The second-order valence-electron chi connectivity index (χ2n) is 5.79. The Balaban J connectivity index is 1.65. The summed E-state index contributed by atoms with van der Waals surface area (Å²) < 4.78 is 0. The number of aliphatic imine (C=N–C) groups is 1. The van der Waals surface area contributed by atoms with Gasteiger partial charge in [0.2, 0.25) is 5.91 Å². The van der Waals surface area contributed by atoms with Crippen LogP contribution in [0.1, 0.15) is 18.5 Å². The van der Waals surface area contributed by atoms with E-state index in [0.717, 1.165) is 43.5 Å². The van der Waals surface area contributed by atoms with Crippen LogP contribution >= 0.6 is 11.8 Å². The predicted octanol–water partition coefficient (Wildman–Crippen LogP) is 1.32.